The van der Waals surface area contributed by atoms with Crippen molar-refractivity contribution in [2.75, 3.05) is 11.6 Å². The largest absolute Gasteiger partial charge is 0.294 e. The van der Waals surface area contributed by atoms with Gasteiger partial charge in [-0.2, -0.15) is 8.42 Å². The maximum Gasteiger partial charge on any atom is 0.294 e. The molecule has 0 amide bonds. The maximum absolute atomic E-state index is 10.8. The Bertz CT molecular complexity index is 470. The molecule has 1 aromatic carbocycles. The molecule has 0 saturated heterocycles. The molecular formula is C10H14N2O4S. The molecule has 6 nitrogen and oxygen atoms in total. The highest BCUT2D eigenvalue weighted by atomic mass is 32.2. The molecule has 0 spiro atoms. The molecule has 0 radical (unpaired) electrons. The van der Waals surface area contributed by atoms with E-state index in [1.54, 1.807) is 0 Å². The average Bonchev–Trinajstić information content (AvgIpc) is 2.29. The van der Waals surface area contributed by atoms with Gasteiger partial charge in [-0.25, -0.2) is 5.01 Å². The molecule has 0 aliphatic heterocycles. The normalized spacial score (nSPS) is 11.2. The van der Waals surface area contributed by atoms with E-state index in [-0.39, 0.29) is 4.90 Å². The van der Waals surface area contributed by atoms with Crippen LogP contribution in [0.4, 0.5) is 5.69 Å². The molecule has 0 aliphatic rings. The Balaban J connectivity index is 2.89. The Morgan fingerprint density at radius 3 is 2.29 bits per heavy atom. The van der Waals surface area contributed by atoms with Crippen LogP contribution in [0.25, 0.3) is 0 Å². The molecule has 1 aromatic rings. The average molecular weight is 258 g/mol. The number of nitroso groups, excluding NO2 is 1. The van der Waals surface area contributed by atoms with Gasteiger partial charge in [-0.05, 0) is 30.7 Å². The van der Waals surface area contributed by atoms with Crippen LogP contribution in [-0.4, -0.2) is 19.5 Å². The van der Waals surface area contributed by atoms with Gasteiger partial charge in [0.05, 0.1) is 15.9 Å². The Morgan fingerprint density at radius 1 is 1.29 bits per heavy atom. The van der Waals surface area contributed by atoms with E-state index in [0.717, 1.165) is 12.8 Å². The van der Waals surface area contributed by atoms with Crippen LogP contribution in [0.1, 0.15) is 19.8 Å². The molecule has 0 heterocycles. The highest BCUT2D eigenvalue weighted by molar-refractivity contribution is 7.85. The highest BCUT2D eigenvalue weighted by Crippen LogP contribution is 2.18. The second-order valence-corrected chi connectivity index (χ2v) is 4.95. The van der Waals surface area contributed by atoms with Crippen molar-refractivity contribution >= 4 is 15.8 Å². The van der Waals surface area contributed by atoms with Crippen molar-refractivity contribution in [3.8, 4) is 0 Å². The summed E-state index contributed by atoms with van der Waals surface area (Å²) in [6, 6.07) is 5.32. The number of unbranched alkanes of at least 4 members (excludes halogenated alkanes) is 1. The minimum absolute atomic E-state index is 0.206. The zero-order chi connectivity index (χ0) is 12.9. The summed E-state index contributed by atoms with van der Waals surface area (Å²) in [6.45, 7) is 2.47. The first-order valence-electron chi connectivity index (χ1n) is 5.17. The summed E-state index contributed by atoms with van der Waals surface area (Å²) in [5, 5.41) is 4.11. The summed E-state index contributed by atoms with van der Waals surface area (Å²) < 4.78 is 30.4. The van der Waals surface area contributed by atoms with Gasteiger partial charge in [-0.1, -0.05) is 13.3 Å². The fourth-order valence-electron chi connectivity index (χ4n) is 1.32. The van der Waals surface area contributed by atoms with Crippen molar-refractivity contribution in [2.24, 2.45) is 5.29 Å². The Kier molecular flexibility index (Phi) is 4.59. The van der Waals surface area contributed by atoms with E-state index in [1.165, 1.54) is 29.3 Å². The number of anilines is 1. The summed E-state index contributed by atoms with van der Waals surface area (Å²) in [7, 11) is -4.20. The molecule has 0 aliphatic carbocycles. The van der Waals surface area contributed by atoms with Crippen molar-refractivity contribution in [3.63, 3.8) is 0 Å². The highest BCUT2D eigenvalue weighted by Gasteiger charge is 2.11. The third-order valence-electron chi connectivity index (χ3n) is 2.25. The number of hydrogen-bond acceptors (Lipinski definition) is 4. The molecule has 17 heavy (non-hydrogen) atoms. The lowest BCUT2D eigenvalue weighted by Gasteiger charge is -2.14. The van der Waals surface area contributed by atoms with Crippen LogP contribution in [-0.2, 0) is 10.1 Å². The van der Waals surface area contributed by atoms with Crippen molar-refractivity contribution in [3.05, 3.63) is 29.2 Å². The van der Waals surface area contributed by atoms with Gasteiger partial charge in [-0.3, -0.25) is 4.55 Å². The molecule has 1 N–H and O–H groups in total. The van der Waals surface area contributed by atoms with Crippen LogP contribution >= 0.6 is 0 Å². The minimum atomic E-state index is -4.20. The van der Waals surface area contributed by atoms with E-state index in [1.807, 2.05) is 6.92 Å². The van der Waals surface area contributed by atoms with E-state index in [4.69, 9.17) is 4.55 Å². The Morgan fingerprint density at radius 2 is 1.88 bits per heavy atom. The second kappa shape index (κ2) is 5.74. The molecule has 1 rings (SSSR count). The van der Waals surface area contributed by atoms with Crippen molar-refractivity contribution < 1.29 is 13.0 Å². The molecular weight excluding hydrogens is 244 g/mol. The third kappa shape index (κ3) is 3.79. The smallest absolute Gasteiger partial charge is 0.282 e. The van der Waals surface area contributed by atoms with Crippen molar-refractivity contribution in [1.82, 2.24) is 0 Å². The molecule has 0 bridgehead atoms. The van der Waals surface area contributed by atoms with Crippen LogP contribution in [0.2, 0.25) is 0 Å². The summed E-state index contributed by atoms with van der Waals surface area (Å²) in [5.74, 6) is 0. The van der Waals surface area contributed by atoms with Gasteiger partial charge in [0, 0.05) is 6.54 Å². The zero-order valence-electron chi connectivity index (χ0n) is 9.41. The number of benzene rings is 1. The van der Waals surface area contributed by atoms with Crippen molar-refractivity contribution in [2.45, 2.75) is 24.7 Å². The van der Waals surface area contributed by atoms with Gasteiger partial charge in [0.2, 0.25) is 0 Å². The van der Waals surface area contributed by atoms with Crippen LogP contribution in [0.3, 0.4) is 0 Å². The SMILES string of the molecule is CCCCN(N=O)c1ccc(S(=O)(=O)O)cc1. The van der Waals surface area contributed by atoms with Gasteiger partial charge in [-0.15, -0.1) is 4.91 Å². The molecule has 0 saturated carbocycles. The molecule has 94 valence electrons. The number of rotatable bonds is 6. The Labute approximate surface area is 99.9 Å². The van der Waals surface area contributed by atoms with E-state index < -0.39 is 10.1 Å². The van der Waals surface area contributed by atoms with Crippen LogP contribution in [0, 0.1) is 4.91 Å². The second-order valence-electron chi connectivity index (χ2n) is 3.53. The summed E-state index contributed by atoms with van der Waals surface area (Å²) in [6.07, 6.45) is 1.74. The van der Waals surface area contributed by atoms with Gasteiger partial charge < -0.3 is 0 Å². The van der Waals surface area contributed by atoms with Gasteiger partial charge in [0.25, 0.3) is 10.1 Å². The quantitative estimate of drug-likeness (QED) is 0.480. The van der Waals surface area contributed by atoms with E-state index in [2.05, 4.69) is 5.29 Å². The van der Waals surface area contributed by atoms with E-state index in [0.29, 0.717) is 12.2 Å². The summed E-state index contributed by atoms with van der Waals surface area (Å²) in [5.41, 5.74) is 0.501. The van der Waals surface area contributed by atoms with Crippen LogP contribution in [0.5, 0.6) is 0 Å². The lowest BCUT2D eigenvalue weighted by atomic mass is 10.3. The molecule has 0 atom stereocenters. The minimum Gasteiger partial charge on any atom is -0.282 e. The first-order chi connectivity index (χ1) is 7.99. The van der Waals surface area contributed by atoms with Crippen LogP contribution < -0.4 is 5.01 Å². The molecule has 0 aromatic heterocycles. The predicted octanol–water partition coefficient (Wildman–Crippen LogP) is 2.22. The third-order valence-corrected chi connectivity index (χ3v) is 3.12. The lowest BCUT2D eigenvalue weighted by Crippen LogP contribution is -2.16. The lowest BCUT2D eigenvalue weighted by molar-refractivity contribution is 0.483. The monoisotopic (exact) mass is 258 g/mol. The fourth-order valence-corrected chi connectivity index (χ4v) is 1.80. The Hall–Kier alpha value is -1.47. The summed E-state index contributed by atoms with van der Waals surface area (Å²) in [4.78, 5) is 10.4. The standard InChI is InChI=1S/C10H14N2O4S/c1-2-3-8-12(11-13)9-4-6-10(7-5-9)17(14,15)16/h4-7H,2-3,8H2,1H3,(H,14,15,16). The molecule has 0 unspecified atom stereocenters. The first kappa shape index (κ1) is 13.6. The zero-order valence-corrected chi connectivity index (χ0v) is 10.2. The topological polar surface area (TPSA) is 87.0 Å². The van der Waals surface area contributed by atoms with E-state index >= 15 is 0 Å². The number of hydrogen-bond donors (Lipinski definition) is 1. The van der Waals surface area contributed by atoms with Gasteiger partial charge in [0.15, 0.2) is 0 Å². The van der Waals surface area contributed by atoms with Crippen molar-refractivity contribution in [1.29, 1.82) is 0 Å². The van der Waals surface area contributed by atoms with E-state index in [9.17, 15) is 13.3 Å². The number of nitrogens with zero attached hydrogens (tertiary/aromatic N) is 2. The molecule has 0 fully saturated rings. The van der Waals surface area contributed by atoms with Gasteiger partial charge >= 0.3 is 0 Å². The fraction of sp³-hybridized carbons (Fsp3) is 0.400. The summed E-state index contributed by atoms with van der Waals surface area (Å²) >= 11 is 0. The van der Waals surface area contributed by atoms with Gasteiger partial charge in [0.1, 0.15) is 0 Å². The molecule has 7 heteroatoms. The van der Waals surface area contributed by atoms with Crippen LogP contribution in [0.15, 0.2) is 34.4 Å². The first-order valence-corrected chi connectivity index (χ1v) is 6.61. The predicted molar refractivity (Wildman–Crippen MR) is 64.3 cm³/mol. The maximum atomic E-state index is 10.8.